The van der Waals surface area contributed by atoms with Gasteiger partial charge in [-0.3, -0.25) is 4.98 Å². The number of rotatable bonds is 2. The lowest BCUT2D eigenvalue weighted by molar-refractivity contribution is 0.582. The minimum Gasteiger partial charge on any atom is -0.462 e. The van der Waals surface area contributed by atoms with Gasteiger partial charge in [0.1, 0.15) is 10.7 Å². The van der Waals surface area contributed by atoms with Gasteiger partial charge in [-0.2, -0.15) is 0 Å². The lowest BCUT2D eigenvalue weighted by atomic mass is 10.3. The molecule has 2 N–H and O–H groups in total. The number of thiazole rings is 1. The van der Waals surface area contributed by atoms with Crippen LogP contribution in [-0.4, -0.2) is 9.97 Å². The van der Waals surface area contributed by atoms with Crippen molar-refractivity contribution in [2.75, 3.05) is 5.73 Å². The molecule has 5 heteroatoms. The fourth-order valence-electron chi connectivity index (χ4n) is 1.52. The van der Waals surface area contributed by atoms with Crippen LogP contribution in [0, 0.1) is 0 Å². The molecule has 0 saturated heterocycles. The fraction of sp³-hybridized carbons (Fsp3) is 0. The summed E-state index contributed by atoms with van der Waals surface area (Å²) in [5.74, 6) is 0.726. The Kier molecular flexibility index (Phi) is 2.38. The van der Waals surface area contributed by atoms with Crippen molar-refractivity contribution in [2.45, 2.75) is 0 Å². The van der Waals surface area contributed by atoms with Gasteiger partial charge in [0.05, 0.1) is 12.0 Å². The number of anilines is 1. The highest BCUT2D eigenvalue weighted by Gasteiger charge is 2.13. The van der Waals surface area contributed by atoms with Crippen LogP contribution in [0.25, 0.3) is 22.2 Å². The van der Waals surface area contributed by atoms with E-state index in [0.717, 1.165) is 16.5 Å². The summed E-state index contributed by atoms with van der Waals surface area (Å²) in [5.41, 5.74) is 7.44. The van der Waals surface area contributed by atoms with Gasteiger partial charge in [0, 0.05) is 6.20 Å². The van der Waals surface area contributed by atoms with Crippen LogP contribution in [0.15, 0.2) is 47.2 Å². The highest BCUT2D eigenvalue weighted by atomic mass is 32.1. The van der Waals surface area contributed by atoms with E-state index < -0.39 is 0 Å². The van der Waals surface area contributed by atoms with E-state index in [1.54, 1.807) is 12.5 Å². The average molecular weight is 243 g/mol. The van der Waals surface area contributed by atoms with Crippen LogP contribution in [0.3, 0.4) is 0 Å². The van der Waals surface area contributed by atoms with Gasteiger partial charge in [-0.25, -0.2) is 4.98 Å². The van der Waals surface area contributed by atoms with Crippen LogP contribution in [0.5, 0.6) is 0 Å². The summed E-state index contributed by atoms with van der Waals surface area (Å²) in [5, 5.41) is 1.42. The minimum atomic E-state index is 0.648. The molecule has 17 heavy (non-hydrogen) atoms. The first-order valence-electron chi connectivity index (χ1n) is 5.06. The standard InChI is InChI=1S/C12H9N3OS/c13-11-10(8-4-1-2-6-14-8)15-12(17-11)9-5-3-7-16-9/h1-7H,13H2. The molecular formula is C12H9N3OS. The zero-order valence-corrected chi connectivity index (χ0v) is 9.65. The zero-order chi connectivity index (χ0) is 11.7. The second kappa shape index (κ2) is 4.03. The first-order valence-corrected chi connectivity index (χ1v) is 5.88. The Labute approximate surface area is 102 Å². The quantitative estimate of drug-likeness (QED) is 0.751. The largest absolute Gasteiger partial charge is 0.462 e. The Morgan fingerprint density at radius 3 is 2.82 bits per heavy atom. The fourth-order valence-corrected chi connectivity index (χ4v) is 2.33. The molecule has 84 valence electrons. The van der Waals surface area contributed by atoms with Crippen molar-refractivity contribution in [1.29, 1.82) is 0 Å². The van der Waals surface area contributed by atoms with Crippen molar-refractivity contribution >= 4 is 16.3 Å². The molecule has 0 bridgehead atoms. The molecule has 4 nitrogen and oxygen atoms in total. The molecule has 0 saturated carbocycles. The van der Waals surface area contributed by atoms with Gasteiger partial charge in [0.25, 0.3) is 0 Å². The van der Waals surface area contributed by atoms with E-state index in [9.17, 15) is 0 Å². The Balaban J connectivity index is 2.08. The van der Waals surface area contributed by atoms with E-state index in [4.69, 9.17) is 10.2 Å². The van der Waals surface area contributed by atoms with Crippen LogP contribution >= 0.6 is 11.3 Å². The van der Waals surface area contributed by atoms with Gasteiger partial charge in [-0.05, 0) is 24.3 Å². The predicted octanol–water partition coefficient (Wildman–Crippen LogP) is 3.05. The number of pyridine rings is 1. The summed E-state index contributed by atoms with van der Waals surface area (Å²) in [6, 6.07) is 9.35. The van der Waals surface area contributed by atoms with Crippen molar-refractivity contribution in [3.8, 4) is 22.2 Å². The molecule has 0 spiro atoms. The molecule has 0 aliphatic rings. The van der Waals surface area contributed by atoms with Crippen molar-refractivity contribution < 1.29 is 4.42 Å². The molecule has 0 aliphatic heterocycles. The highest BCUT2D eigenvalue weighted by Crippen LogP contribution is 2.34. The third-order valence-electron chi connectivity index (χ3n) is 2.29. The first-order chi connectivity index (χ1) is 8.34. The molecule has 0 aliphatic carbocycles. The topological polar surface area (TPSA) is 64.9 Å². The summed E-state index contributed by atoms with van der Waals surface area (Å²) < 4.78 is 5.30. The lowest BCUT2D eigenvalue weighted by Gasteiger charge is -1.95. The van der Waals surface area contributed by atoms with E-state index in [2.05, 4.69) is 9.97 Å². The molecule has 3 heterocycles. The first kappa shape index (κ1) is 10.0. The maximum atomic E-state index is 5.95. The van der Waals surface area contributed by atoms with Crippen LogP contribution in [0.2, 0.25) is 0 Å². The van der Waals surface area contributed by atoms with Gasteiger partial charge in [-0.1, -0.05) is 17.4 Å². The molecule has 0 radical (unpaired) electrons. The molecule has 3 aromatic rings. The second-order valence-corrected chi connectivity index (χ2v) is 4.45. The van der Waals surface area contributed by atoms with Crippen molar-refractivity contribution in [2.24, 2.45) is 0 Å². The smallest absolute Gasteiger partial charge is 0.162 e. The summed E-state index contributed by atoms with van der Waals surface area (Å²) in [4.78, 5) is 8.70. The second-order valence-electron chi connectivity index (χ2n) is 3.42. The lowest BCUT2D eigenvalue weighted by Crippen LogP contribution is -1.87. The van der Waals surface area contributed by atoms with Gasteiger partial charge in [-0.15, -0.1) is 0 Å². The third kappa shape index (κ3) is 1.81. The van der Waals surface area contributed by atoms with E-state index in [-0.39, 0.29) is 0 Å². The molecule has 0 amide bonds. The Morgan fingerprint density at radius 2 is 2.12 bits per heavy atom. The third-order valence-corrected chi connectivity index (χ3v) is 3.19. The van der Waals surface area contributed by atoms with E-state index in [1.165, 1.54) is 11.3 Å². The van der Waals surface area contributed by atoms with Crippen molar-refractivity contribution in [3.05, 3.63) is 42.8 Å². The normalized spacial score (nSPS) is 10.6. The van der Waals surface area contributed by atoms with E-state index in [0.29, 0.717) is 10.7 Å². The molecule has 3 rings (SSSR count). The Hall–Kier alpha value is -2.14. The molecule has 0 atom stereocenters. The summed E-state index contributed by atoms with van der Waals surface area (Å²) >= 11 is 1.40. The number of nitrogen functional groups attached to an aromatic ring is 1. The molecular weight excluding hydrogens is 234 g/mol. The maximum absolute atomic E-state index is 5.95. The Morgan fingerprint density at radius 1 is 1.18 bits per heavy atom. The van der Waals surface area contributed by atoms with Gasteiger partial charge in [0.15, 0.2) is 10.8 Å². The van der Waals surface area contributed by atoms with Crippen LogP contribution < -0.4 is 5.73 Å². The number of hydrogen-bond donors (Lipinski definition) is 1. The van der Waals surface area contributed by atoms with Gasteiger partial charge in [0.2, 0.25) is 0 Å². The summed E-state index contributed by atoms with van der Waals surface area (Å²) in [6.45, 7) is 0. The SMILES string of the molecule is Nc1sc(-c2ccco2)nc1-c1ccccn1. The minimum absolute atomic E-state index is 0.648. The predicted molar refractivity (Wildman–Crippen MR) is 67.5 cm³/mol. The van der Waals surface area contributed by atoms with Crippen LogP contribution in [0.4, 0.5) is 5.00 Å². The van der Waals surface area contributed by atoms with Crippen molar-refractivity contribution in [3.63, 3.8) is 0 Å². The summed E-state index contributed by atoms with van der Waals surface area (Å²) in [6.07, 6.45) is 3.34. The van der Waals surface area contributed by atoms with Crippen LogP contribution in [0.1, 0.15) is 0 Å². The highest BCUT2D eigenvalue weighted by molar-refractivity contribution is 7.19. The number of aromatic nitrogens is 2. The van der Waals surface area contributed by atoms with Gasteiger partial charge < -0.3 is 10.2 Å². The van der Waals surface area contributed by atoms with Crippen molar-refractivity contribution in [1.82, 2.24) is 9.97 Å². The van der Waals surface area contributed by atoms with Crippen LogP contribution in [-0.2, 0) is 0 Å². The zero-order valence-electron chi connectivity index (χ0n) is 8.83. The van der Waals surface area contributed by atoms with Gasteiger partial charge >= 0.3 is 0 Å². The maximum Gasteiger partial charge on any atom is 0.162 e. The molecule has 0 aromatic carbocycles. The number of furan rings is 1. The number of nitrogens with zero attached hydrogens (tertiary/aromatic N) is 2. The molecule has 0 fully saturated rings. The molecule has 0 unspecified atom stereocenters. The molecule has 3 aromatic heterocycles. The summed E-state index contributed by atoms with van der Waals surface area (Å²) in [7, 11) is 0. The number of hydrogen-bond acceptors (Lipinski definition) is 5. The monoisotopic (exact) mass is 243 g/mol. The van der Waals surface area contributed by atoms with E-state index in [1.807, 2.05) is 30.3 Å². The Bertz CT molecular complexity index is 617. The number of nitrogens with two attached hydrogens (primary N) is 1. The average Bonchev–Trinajstić information content (AvgIpc) is 2.99. The van der Waals surface area contributed by atoms with E-state index >= 15 is 0 Å².